The monoisotopic (exact) mass is 257 g/mol. The number of ketones is 1. The van der Waals surface area contributed by atoms with Crippen LogP contribution in [-0.4, -0.2) is 36.2 Å². The summed E-state index contributed by atoms with van der Waals surface area (Å²) in [6, 6.07) is -0.669. The minimum absolute atomic E-state index is 0.0260. The van der Waals surface area contributed by atoms with Gasteiger partial charge in [0.25, 0.3) is 0 Å². The Labute approximate surface area is 111 Å². The number of nitrogens with zero attached hydrogens (tertiary/aromatic N) is 2. The molecule has 98 valence electrons. The first-order valence-corrected chi connectivity index (χ1v) is 6.49. The number of carbonyl (C=O) groups excluding carboxylic acids is 2. The highest BCUT2D eigenvalue weighted by Crippen LogP contribution is 2.34. The maximum Gasteiger partial charge on any atom is 0.220 e. The number of primary amides is 1. The number of aliphatic imine (C=N–C) groups is 2. The molecule has 0 bridgehead atoms. The largest absolute Gasteiger partial charge is 0.370 e. The molecule has 1 atom stereocenters. The van der Waals surface area contributed by atoms with Gasteiger partial charge in [-0.1, -0.05) is 0 Å². The fourth-order valence-electron chi connectivity index (χ4n) is 2.88. The fourth-order valence-corrected chi connectivity index (χ4v) is 2.88. The Morgan fingerprint density at radius 1 is 1.42 bits per heavy atom. The molecule has 0 fully saturated rings. The minimum Gasteiger partial charge on any atom is -0.370 e. The molecule has 2 heterocycles. The molecule has 0 radical (unpaired) electrons. The van der Waals surface area contributed by atoms with E-state index in [-0.39, 0.29) is 12.2 Å². The Balaban J connectivity index is 2.06. The zero-order valence-electron chi connectivity index (χ0n) is 10.6. The Kier molecular flexibility index (Phi) is 2.89. The highest BCUT2D eigenvalue weighted by Gasteiger charge is 2.33. The van der Waals surface area contributed by atoms with Gasteiger partial charge in [0.05, 0.1) is 13.0 Å². The smallest absolute Gasteiger partial charge is 0.220 e. The van der Waals surface area contributed by atoms with E-state index in [0.29, 0.717) is 6.54 Å². The Hall–Kier alpha value is -2.04. The van der Waals surface area contributed by atoms with Gasteiger partial charge in [-0.3, -0.25) is 19.6 Å². The number of rotatable bonds is 2. The summed E-state index contributed by atoms with van der Waals surface area (Å²) in [5.74, 6) is -0.563. The zero-order chi connectivity index (χ0) is 13.4. The molecule has 2 aliphatic heterocycles. The van der Waals surface area contributed by atoms with Crippen molar-refractivity contribution in [1.29, 1.82) is 0 Å². The average Bonchev–Trinajstić information content (AvgIpc) is 2.78. The quantitative estimate of drug-likeness (QED) is 0.791. The minimum atomic E-state index is -0.669. The summed E-state index contributed by atoms with van der Waals surface area (Å²) in [7, 11) is 0. The summed E-state index contributed by atoms with van der Waals surface area (Å²) >= 11 is 0. The van der Waals surface area contributed by atoms with Crippen LogP contribution in [0.2, 0.25) is 0 Å². The van der Waals surface area contributed by atoms with Gasteiger partial charge in [0.1, 0.15) is 6.04 Å². The SMILES string of the molecule is NC(=O)CC1N=C/C=C2/CN=C3CCCC(=C32)C1=O. The Bertz CT molecular complexity index is 581. The van der Waals surface area contributed by atoms with Crippen molar-refractivity contribution in [2.75, 3.05) is 6.54 Å². The number of hydrogen-bond acceptors (Lipinski definition) is 4. The molecule has 0 spiro atoms. The third-order valence-electron chi connectivity index (χ3n) is 3.73. The van der Waals surface area contributed by atoms with Crippen LogP contribution in [0.3, 0.4) is 0 Å². The van der Waals surface area contributed by atoms with Crippen LogP contribution in [0.1, 0.15) is 25.7 Å². The summed E-state index contributed by atoms with van der Waals surface area (Å²) in [4.78, 5) is 32.2. The molecule has 0 aromatic rings. The number of carbonyl (C=O) groups is 2. The summed E-state index contributed by atoms with van der Waals surface area (Å²) in [5.41, 5.74) is 9.09. The molecule has 2 N–H and O–H groups in total. The number of hydrogen-bond donors (Lipinski definition) is 1. The first-order chi connectivity index (χ1) is 9.16. The van der Waals surface area contributed by atoms with Crippen LogP contribution >= 0.6 is 0 Å². The van der Waals surface area contributed by atoms with Crippen molar-refractivity contribution in [3.8, 4) is 0 Å². The molecule has 1 unspecified atom stereocenters. The molecule has 1 amide bonds. The van der Waals surface area contributed by atoms with E-state index in [4.69, 9.17) is 5.73 Å². The van der Waals surface area contributed by atoms with Crippen LogP contribution in [0.25, 0.3) is 0 Å². The van der Waals surface area contributed by atoms with Gasteiger partial charge in [0, 0.05) is 23.1 Å². The highest BCUT2D eigenvalue weighted by molar-refractivity contribution is 6.16. The maximum absolute atomic E-state index is 12.5. The molecular weight excluding hydrogens is 242 g/mol. The lowest BCUT2D eigenvalue weighted by Crippen LogP contribution is -2.30. The van der Waals surface area contributed by atoms with Gasteiger partial charge in [0.2, 0.25) is 5.91 Å². The van der Waals surface area contributed by atoms with Crippen LogP contribution in [-0.2, 0) is 9.59 Å². The lowest BCUT2D eigenvalue weighted by molar-refractivity contribution is -0.123. The average molecular weight is 257 g/mol. The Morgan fingerprint density at radius 3 is 3.05 bits per heavy atom. The van der Waals surface area contributed by atoms with Crippen LogP contribution in [0.15, 0.2) is 32.8 Å². The molecule has 0 aromatic heterocycles. The molecule has 1 aliphatic carbocycles. The van der Waals surface area contributed by atoms with Crippen molar-refractivity contribution in [1.82, 2.24) is 0 Å². The van der Waals surface area contributed by atoms with Crippen LogP contribution < -0.4 is 5.73 Å². The second kappa shape index (κ2) is 4.57. The summed E-state index contributed by atoms with van der Waals surface area (Å²) in [5, 5.41) is 0. The molecule has 19 heavy (non-hydrogen) atoms. The predicted octanol–water partition coefficient (Wildman–Crippen LogP) is 0.745. The van der Waals surface area contributed by atoms with Crippen molar-refractivity contribution in [3.63, 3.8) is 0 Å². The van der Waals surface area contributed by atoms with Crippen molar-refractivity contribution >= 4 is 23.6 Å². The predicted molar refractivity (Wildman–Crippen MR) is 72.4 cm³/mol. The van der Waals surface area contributed by atoms with E-state index in [2.05, 4.69) is 9.98 Å². The van der Waals surface area contributed by atoms with E-state index in [0.717, 1.165) is 41.7 Å². The van der Waals surface area contributed by atoms with E-state index in [1.165, 1.54) is 0 Å². The van der Waals surface area contributed by atoms with Crippen molar-refractivity contribution < 1.29 is 9.59 Å². The number of Topliss-reactive ketones (excluding diaryl/α,β-unsaturated/α-hetero) is 1. The zero-order valence-corrected chi connectivity index (χ0v) is 10.6. The molecule has 5 nitrogen and oxygen atoms in total. The maximum atomic E-state index is 12.5. The third-order valence-corrected chi connectivity index (χ3v) is 3.73. The van der Waals surface area contributed by atoms with E-state index in [1.54, 1.807) is 6.21 Å². The first kappa shape index (κ1) is 12.0. The van der Waals surface area contributed by atoms with Gasteiger partial charge in [0.15, 0.2) is 5.78 Å². The molecule has 5 heteroatoms. The van der Waals surface area contributed by atoms with Crippen molar-refractivity contribution in [2.45, 2.75) is 31.7 Å². The molecular formula is C14H15N3O2. The number of amides is 1. The van der Waals surface area contributed by atoms with Crippen molar-refractivity contribution in [3.05, 3.63) is 22.8 Å². The normalized spacial score (nSPS) is 28.2. The molecule has 0 saturated carbocycles. The van der Waals surface area contributed by atoms with Gasteiger partial charge in [-0.2, -0.15) is 0 Å². The lowest BCUT2D eigenvalue weighted by Gasteiger charge is -2.22. The summed E-state index contributed by atoms with van der Waals surface area (Å²) in [6.07, 6.45) is 6.09. The van der Waals surface area contributed by atoms with E-state index in [1.807, 2.05) is 6.08 Å². The standard InChI is InChI=1S/C14H15N3O2/c15-12(18)6-11-14(19)9-2-1-3-10-13(9)8(7-17-10)4-5-16-11/h4-5,11H,1-3,6-7H2,(H2,15,18)/b8-4-,16-5?. The molecule has 0 aromatic carbocycles. The Morgan fingerprint density at radius 2 is 2.26 bits per heavy atom. The highest BCUT2D eigenvalue weighted by atomic mass is 16.1. The van der Waals surface area contributed by atoms with Gasteiger partial charge in [-0.05, 0) is 30.9 Å². The second-order valence-electron chi connectivity index (χ2n) is 5.01. The first-order valence-electron chi connectivity index (χ1n) is 6.49. The summed E-state index contributed by atoms with van der Waals surface area (Å²) < 4.78 is 0. The van der Waals surface area contributed by atoms with E-state index >= 15 is 0 Å². The fraction of sp³-hybridized carbons (Fsp3) is 0.429. The van der Waals surface area contributed by atoms with Gasteiger partial charge < -0.3 is 5.73 Å². The van der Waals surface area contributed by atoms with Crippen molar-refractivity contribution in [2.24, 2.45) is 15.7 Å². The molecule has 3 aliphatic rings. The van der Waals surface area contributed by atoms with Crippen LogP contribution in [0, 0.1) is 0 Å². The van der Waals surface area contributed by atoms with E-state index < -0.39 is 11.9 Å². The molecule has 0 saturated heterocycles. The second-order valence-corrected chi connectivity index (χ2v) is 5.01. The van der Waals surface area contributed by atoms with Gasteiger partial charge >= 0.3 is 0 Å². The van der Waals surface area contributed by atoms with Gasteiger partial charge in [-0.25, -0.2) is 0 Å². The van der Waals surface area contributed by atoms with Crippen LogP contribution in [0.4, 0.5) is 0 Å². The van der Waals surface area contributed by atoms with Crippen LogP contribution in [0.5, 0.6) is 0 Å². The van der Waals surface area contributed by atoms with E-state index in [9.17, 15) is 9.59 Å². The topological polar surface area (TPSA) is 84.9 Å². The number of nitrogens with two attached hydrogens (primary N) is 1. The van der Waals surface area contributed by atoms with Gasteiger partial charge in [-0.15, -0.1) is 0 Å². The molecule has 3 rings (SSSR count). The lowest BCUT2D eigenvalue weighted by atomic mass is 9.82. The number of allylic oxidation sites excluding steroid dienone is 1. The summed E-state index contributed by atoms with van der Waals surface area (Å²) in [6.45, 7) is 0.633. The third kappa shape index (κ3) is 2.05.